The van der Waals surface area contributed by atoms with Gasteiger partial charge in [-0.25, -0.2) is 4.39 Å². The lowest BCUT2D eigenvalue weighted by Crippen LogP contribution is -1.64. The topological polar surface area (TPSA) is 0 Å². The van der Waals surface area contributed by atoms with Crippen LogP contribution in [0.4, 0.5) is 13.2 Å². The fourth-order valence-electron chi connectivity index (χ4n) is 0.637. The number of halogens is 4. The van der Waals surface area contributed by atoms with Crippen molar-refractivity contribution >= 4 is 17.7 Å². The number of benzene rings is 1. The second-order valence-corrected chi connectivity index (χ2v) is 2.35. The molecule has 0 amide bonds. The first-order valence-electron chi connectivity index (χ1n) is 3.64. The van der Waals surface area contributed by atoms with E-state index >= 15 is 0 Å². The normalized spacial score (nSPS) is 9.14. The number of hydrogen-bond acceptors (Lipinski definition) is 0. The lowest BCUT2D eigenvalue weighted by atomic mass is 10.2. The SMILES string of the molecule is ClC=Cc1ccccc1.FC=C(F)F. The van der Waals surface area contributed by atoms with E-state index in [-0.39, 0.29) is 0 Å². The monoisotopic (exact) mass is 220 g/mol. The van der Waals surface area contributed by atoms with E-state index in [1.807, 2.05) is 36.4 Å². The number of hydrogen-bond donors (Lipinski definition) is 0. The molecule has 4 heteroatoms. The van der Waals surface area contributed by atoms with E-state index in [1.54, 1.807) is 0 Å². The van der Waals surface area contributed by atoms with Gasteiger partial charge >= 0.3 is 0 Å². The summed E-state index contributed by atoms with van der Waals surface area (Å²) in [6.07, 6.45) is -1.19. The van der Waals surface area contributed by atoms with Crippen LogP contribution in [0.15, 0.2) is 48.3 Å². The zero-order chi connectivity index (χ0) is 10.8. The van der Waals surface area contributed by atoms with Crippen LogP contribution in [0.25, 0.3) is 6.08 Å². The summed E-state index contributed by atoms with van der Waals surface area (Å²) in [6, 6.07) is 9.93. The first kappa shape index (κ1) is 12.8. The van der Waals surface area contributed by atoms with Gasteiger partial charge in [0.1, 0.15) is 0 Å². The van der Waals surface area contributed by atoms with Gasteiger partial charge < -0.3 is 0 Å². The van der Waals surface area contributed by atoms with E-state index in [9.17, 15) is 13.2 Å². The summed E-state index contributed by atoms with van der Waals surface area (Å²) in [6.45, 7) is 0. The maximum absolute atomic E-state index is 10.2. The van der Waals surface area contributed by atoms with Crippen molar-refractivity contribution in [1.82, 2.24) is 0 Å². The molecule has 0 N–H and O–H groups in total. The predicted octanol–water partition coefficient (Wildman–Crippen LogP) is 4.59. The molecule has 0 heterocycles. The third-order valence-corrected chi connectivity index (χ3v) is 1.26. The highest BCUT2D eigenvalue weighted by atomic mass is 35.5. The summed E-state index contributed by atoms with van der Waals surface area (Å²) in [5.41, 5.74) is 2.64. The van der Waals surface area contributed by atoms with Crippen LogP contribution < -0.4 is 0 Å². The van der Waals surface area contributed by atoms with Gasteiger partial charge in [0.15, 0.2) is 6.33 Å². The van der Waals surface area contributed by atoms with E-state index in [0.29, 0.717) is 0 Å². The molecule has 0 aliphatic rings. The molecule has 0 aliphatic heterocycles. The molecule has 0 aromatic heterocycles. The lowest BCUT2D eigenvalue weighted by molar-refractivity contribution is 0.400. The van der Waals surface area contributed by atoms with Gasteiger partial charge in [-0.05, 0) is 11.6 Å². The zero-order valence-corrected chi connectivity index (χ0v) is 7.89. The molecule has 0 nitrogen and oxygen atoms in total. The summed E-state index contributed by atoms with van der Waals surface area (Å²) >= 11 is 5.36. The van der Waals surface area contributed by atoms with Crippen molar-refractivity contribution < 1.29 is 13.2 Å². The fourth-order valence-corrected chi connectivity index (χ4v) is 0.782. The van der Waals surface area contributed by atoms with Gasteiger partial charge in [-0.1, -0.05) is 41.9 Å². The summed E-state index contributed by atoms with van der Waals surface area (Å²) < 4.78 is 30.7. The number of rotatable bonds is 1. The molecule has 1 aromatic rings. The standard InChI is InChI=1S/C8H7Cl.C2HF3/c9-7-6-8-4-2-1-3-5-8;3-1-2(4)5/h1-7H;1H. The minimum atomic E-state index is -2.29. The van der Waals surface area contributed by atoms with Crippen molar-refractivity contribution in [2.24, 2.45) is 0 Å². The van der Waals surface area contributed by atoms with Crippen LogP contribution in [0.3, 0.4) is 0 Å². The maximum Gasteiger partial charge on any atom is 0.298 e. The summed E-state index contributed by atoms with van der Waals surface area (Å²) in [7, 11) is 0. The molecule has 0 radical (unpaired) electrons. The van der Waals surface area contributed by atoms with E-state index in [4.69, 9.17) is 11.6 Å². The van der Waals surface area contributed by atoms with Crippen molar-refractivity contribution in [3.8, 4) is 0 Å². The maximum atomic E-state index is 10.2. The largest absolute Gasteiger partial charge is 0.298 e. The summed E-state index contributed by atoms with van der Waals surface area (Å²) in [4.78, 5) is 0. The van der Waals surface area contributed by atoms with Crippen molar-refractivity contribution in [2.45, 2.75) is 0 Å². The van der Waals surface area contributed by atoms with Crippen LogP contribution in [-0.4, -0.2) is 0 Å². The van der Waals surface area contributed by atoms with Crippen molar-refractivity contribution in [3.05, 3.63) is 53.8 Å². The highest BCUT2D eigenvalue weighted by Crippen LogP contribution is 2.00. The molecule has 14 heavy (non-hydrogen) atoms. The van der Waals surface area contributed by atoms with Gasteiger partial charge in [-0.15, -0.1) is 0 Å². The van der Waals surface area contributed by atoms with Crippen LogP contribution >= 0.6 is 11.6 Å². The second-order valence-electron chi connectivity index (χ2n) is 2.10. The fraction of sp³-hybridized carbons (Fsp3) is 0. The first-order chi connectivity index (χ1) is 6.70. The molecule has 0 saturated heterocycles. The average Bonchev–Trinajstić information content (AvgIpc) is 2.21. The van der Waals surface area contributed by atoms with Gasteiger partial charge in [-0.3, -0.25) is 0 Å². The molecule has 76 valence electrons. The third-order valence-electron chi connectivity index (χ3n) is 1.14. The molecule has 0 atom stereocenters. The second kappa shape index (κ2) is 8.38. The van der Waals surface area contributed by atoms with Crippen molar-refractivity contribution in [2.75, 3.05) is 0 Å². The average molecular weight is 221 g/mol. The van der Waals surface area contributed by atoms with Crippen LogP contribution in [0, 0.1) is 0 Å². The molecule has 0 aliphatic carbocycles. The Kier molecular flexibility index (Phi) is 7.65. The predicted molar refractivity (Wildman–Crippen MR) is 52.7 cm³/mol. The molecule has 0 spiro atoms. The molecule has 1 aromatic carbocycles. The van der Waals surface area contributed by atoms with Crippen LogP contribution in [0.2, 0.25) is 0 Å². The van der Waals surface area contributed by atoms with Crippen molar-refractivity contribution in [3.63, 3.8) is 0 Å². The summed E-state index contributed by atoms with van der Waals surface area (Å²) in [5, 5.41) is 0. The van der Waals surface area contributed by atoms with Gasteiger partial charge in [0.2, 0.25) is 0 Å². The minimum Gasteiger partial charge on any atom is -0.210 e. The smallest absolute Gasteiger partial charge is 0.210 e. The van der Waals surface area contributed by atoms with Gasteiger partial charge in [-0.2, -0.15) is 8.78 Å². The van der Waals surface area contributed by atoms with Gasteiger partial charge in [0.05, 0.1) is 0 Å². The van der Waals surface area contributed by atoms with E-state index in [0.717, 1.165) is 5.56 Å². The Balaban J connectivity index is 0.000000292. The zero-order valence-electron chi connectivity index (χ0n) is 7.13. The van der Waals surface area contributed by atoms with Crippen LogP contribution in [0.5, 0.6) is 0 Å². The Bertz CT molecular complexity index is 289. The van der Waals surface area contributed by atoms with Crippen LogP contribution in [-0.2, 0) is 0 Å². The van der Waals surface area contributed by atoms with E-state index in [2.05, 4.69) is 0 Å². The highest BCUT2D eigenvalue weighted by molar-refractivity contribution is 6.27. The van der Waals surface area contributed by atoms with E-state index < -0.39 is 12.4 Å². The molecule has 0 saturated carbocycles. The third kappa shape index (κ3) is 7.43. The Hall–Kier alpha value is -1.22. The van der Waals surface area contributed by atoms with E-state index in [1.165, 1.54) is 5.54 Å². The van der Waals surface area contributed by atoms with Crippen molar-refractivity contribution in [1.29, 1.82) is 0 Å². The Morgan fingerprint density at radius 2 is 1.64 bits per heavy atom. The Labute approximate surface area is 85.3 Å². The molecular formula is C10H8ClF3. The van der Waals surface area contributed by atoms with Gasteiger partial charge in [0, 0.05) is 5.54 Å². The minimum absolute atomic E-state index is 0.750. The lowest BCUT2D eigenvalue weighted by Gasteiger charge is -1.86. The molecule has 1 rings (SSSR count). The highest BCUT2D eigenvalue weighted by Gasteiger charge is 1.78. The molecule has 0 bridgehead atoms. The summed E-state index contributed by atoms with van der Waals surface area (Å²) in [5.74, 6) is 0. The molecular weight excluding hydrogens is 213 g/mol. The molecule has 0 unspecified atom stereocenters. The first-order valence-corrected chi connectivity index (χ1v) is 4.07. The van der Waals surface area contributed by atoms with Gasteiger partial charge in [0.25, 0.3) is 6.08 Å². The Morgan fingerprint density at radius 3 is 2.00 bits per heavy atom. The Morgan fingerprint density at radius 1 is 1.14 bits per heavy atom. The quantitative estimate of drug-likeness (QED) is 0.649. The van der Waals surface area contributed by atoms with Crippen LogP contribution in [0.1, 0.15) is 5.56 Å². The molecule has 0 fully saturated rings.